The van der Waals surface area contributed by atoms with Crippen molar-refractivity contribution in [2.24, 2.45) is 5.73 Å². The summed E-state index contributed by atoms with van der Waals surface area (Å²) in [5.41, 5.74) is 9.94. The van der Waals surface area contributed by atoms with Gasteiger partial charge in [0.25, 0.3) is 0 Å². The number of nitrogens with two attached hydrogens (primary N) is 1. The number of rotatable bonds is 3. The highest BCUT2D eigenvalue weighted by Crippen LogP contribution is 2.12. The first-order chi connectivity index (χ1) is 6.13. The molecule has 1 heteroatoms. The summed E-state index contributed by atoms with van der Waals surface area (Å²) in [5.74, 6) is 0. The first-order valence-corrected chi connectivity index (χ1v) is 4.97. The van der Waals surface area contributed by atoms with E-state index in [2.05, 4.69) is 32.0 Å². The summed E-state index contributed by atoms with van der Waals surface area (Å²) in [6.07, 6.45) is 2.09. The van der Waals surface area contributed by atoms with E-state index in [1.54, 1.807) is 0 Å². The fourth-order valence-corrected chi connectivity index (χ4v) is 1.60. The van der Waals surface area contributed by atoms with Crippen LogP contribution in [-0.2, 0) is 12.8 Å². The summed E-state index contributed by atoms with van der Waals surface area (Å²) >= 11 is 0. The fourth-order valence-electron chi connectivity index (χ4n) is 1.60. The van der Waals surface area contributed by atoms with E-state index < -0.39 is 0 Å². The van der Waals surface area contributed by atoms with E-state index in [4.69, 9.17) is 5.73 Å². The molecule has 1 nitrogen and oxygen atoms in total. The molecule has 0 spiro atoms. The van der Waals surface area contributed by atoms with Crippen molar-refractivity contribution in [2.45, 2.75) is 39.7 Å². The summed E-state index contributed by atoms with van der Waals surface area (Å²) < 4.78 is 0. The second-order valence-corrected chi connectivity index (χ2v) is 3.80. The Labute approximate surface area is 81.0 Å². The topological polar surface area (TPSA) is 26.0 Å². The molecule has 1 rings (SSSR count). The van der Waals surface area contributed by atoms with Crippen molar-refractivity contribution in [3.63, 3.8) is 0 Å². The first-order valence-electron chi connectivity index (χ1n) is 4.97. The molecule has 0 fully saturated rings. The van der Waals surface area contributed by atoms with Gasteiger partial charge in [-0.1, -0.05) is 25.1 Å². The monoisotopic (exact) mass is 177 g/mol. The van der Waals surface area contributed by atoms with Crippen molar-refractivity contribution in [1.82, 2.24) is 0 Å². The molecule has 0 saturated carbocycles. The van der Waals surface area contributed by atoms with Crippen LogP contribution in [0.25, 0.3) is 0 Å². The maximum atomic E-state index is 5.75. The maximum absolute atomic E-state index is 5.75. The molecule has 1 aromatic carbocycles. The Hall–Kier alpha value is -0.820. The molecule has 0 aliphatic heterocycles. The first kappa shape index (κ1) is 10.3. The molecular weight excluding hydrogens is 158 g/mol. The Bertz CT molecular complexity index is 276. The Morgan fingerprint density at radius 2 is 2.08 bits per heavy atom. The quantitative estimate of drug-likeness (QED) is 0.754. The van der Waals surface area contributed by atoms with Crippen molar-refractivity contribution in [3.05, 3.63) is 34.9 Å². The molecule has 0 aliphatic carbocycles. The van der Waals surface area contributed by atoms with Crippen LogP contribution in [0, 0.1) is 6.92 Å². The number of benzene rings is 1. The minimum atomic E-state index is 0.257. The molecule has 0 aromatic heterocycles. The molecular formula is C12H19N. The summed E-state index contributed by atoms with van der Waals surface area (Å²) in [6, 6.07) is 6.90. The van der Waals surface area contributed by atoms with Gasteiger partial charge >= 0.3 is 0 Å². The van der Waals surface area contributed by atoms with E-state index in [0.717, 1.165) is 12.8 Å². The largest absolute Gasteiger partial charge is 0.328 e. The third-order valence-corrected chi connectivity index (χ3v) is 2.35. The third-order valence-electron chi connectivity index (χ3n) is 2.35. The van der Waals surface area contributed by atoms with Crippen molar-refractivity contribution in [3.8, 4) is 0 Å². The van der Waals surface area contributed by atoms with Gasteiger partial charge in [0.1, 0.15) is 0 Å². The molecule has 72 valence electrons. The Balaban J connectivity index is 2.86. The zero-order chi connectivity index (χ0) is 9.84. The van der Waals surface area contributed by atoms with Gasteiger partial charge in [-0.05, 0) is 43.4 Å². The summed E-state index contributed by atoms with van der Waals surface area (Å²) in [7, 11) is 0. The molecule has 0 aliphatic rings. The van der Waals surface area contributed by atoms with Gasteiger partial charge in [0, 0.05) is 6.04 Å². The Morgan fingerprint density at radius 3 is 2.62 bits per heavy atom. The molecule has 0 radical (unpaired) electrons. The predicted molar refractivity (Wildman–Crippen MR) is 57.9 cm³/mol. The molecule has 1 aromatic rings. The van der Waals surface area contributed by atoms with Gasteiger partial charge in [-0.25, -0.2) is 0 Å². The predicted octanol–water partition coefficient (Wildman–Crippen LogP) is 2.45. The summed E-state index contributed by atoms with van der Waals surface area (Å²) in [5, 5.41) is 0. The second-order valence-electron chi connectivity index (χ2n) is 3.80. The van der Waals surface area contributed by atoms with E-state index in [0.29, 0.717) is 0 Å². The van der Waals surface area contributed by atoms with E-state index in [-0.39, 0.29) is 6.04 Å². The van der Waals surface area contributed by atoms with Gasteiger partial charge in [-0.15, -0.1) is 0 Å². The van der Waals surface area contributed by atoms with Crippen LogP contribution in [0.4, 0.5) is 0 Å². The van der Waals surface area contributed by atoms with Crippen LogP contribution in [0.15, 0.2) is 18.2 Å². The van der Waals surface area contributed by atoms with Gasteiger partial charge in [-0.2, -0.15) is 0 Å². The molecule has 0 amide bonds. The average molecular weight is 177 g/mol. The summed E-state index contributed by atoms with van der Waals surface area (Å²) in [6.45, 7) is 6.40. The van der Waals surface area contributed by atoms with Crippen LogP contribution in [0.1, 0.15) is 30.5 Å². The van der Waals surface area contributed by atoms with Gasteiger partial charge in [0.05, 0.1) is 0 Å². The van der Waals surface area contributed by atoms with Gasteiger partial charge in [0.15, 0.2) is 0 Å². The molecule has 0 saturated heterocycles. The Morgan fingerprint density at radius 1 is 1.38 bits per heavy atom. The number of hydrogen-bond donors (Lipinski definition) is 1. The van der Waals surface area contributed by atoms with E-state index in [1.807, 2.05) is 6.92 Å². The molecule has 2 N–H and O–H groups in total. The average Bonchev–Trinajstić information content (AvgIpc) is 2.07. The molecule has 13 heavy (non-hydrogen) atoms. The lowest BCUT2D eigenvalue weighted by Crippen LogP contribution is -2.17. The lowest BCUT2D eigenvalue weighted by Gasteiger charge is -2.08. The summed E-state index contributed by atoms with van der Waals surface area (Å²) in [4.78, 5) is 0. The van der Waals surface area contributed by atoms with Crippen molar-refractivity contribution >= 4 is 0 Å². The molecule has 0 heterocycles. The highest BCUT2D eigenvalue weighted by Gasteiger charge is 2.00. The minimum Gasteiger partial charge on any atom is -0.328 e. The zero-order valence-electron chi connectivity index (χ0n) is 8.80. The van der Waals surface area contributed by atoms with Crippen molar-refractivity contribution in [2.75, 3.05) is 0 Å². The highest BCUT2D eigenvalue weighted by molar-refractivity contribution is 5.31. The van der Waals surface area contributed by atoms with Crippen LogP contribution < -0.4 is 5.73 Å². The second kappa shape index (κ2) is 4.43. The Kier molecular flexibility index (Phi) is 3.49. The lowest BCUT2D eigenvalue weighted by molar-refractivity contribution is 0.737. The van der Waals surface area contributed by atoms with Crippen LogP contribution >= 0.6 is 0 Å². The fraction of sp³-hybridized carbons (Fsp3) is 0.500. The lowest BCUT2D eigenvalue weighted by atomic mass is 10.00. The normalized spacial score (nSPS) is 12.9. The van der Waals surface area contributed by atoms with E-state index in [9.17, 15) is 0 Å². The maximum Gasteiger partial charge on any atom is 0.00509 e. The standard InChI is InChI=1S/C12H19N/c1-4-12-8-11(7-10(3)13)6-5-9(12)2/h5-6,8,10H,4,7,13H2,1-3H3. The highest BCUT2D eigenvalue weighted by atomic mass is 14.6. The van der Waals surface area contributed by atoms with E-state index >= 15 is 0 Å². The van der Waals surface area contributed by atoms with E-state index in [1.165, 1.54) is 16.7 Å². The van der Waals surface area contributed by atoms with Gasteiger partial charge in [-0.3, -0.25) is 0 Å². The van der Waals surface area contributed by atoms with Crippen LogP contribution in [0.5, 0.6) is 0 Å². The van der Waals surface area contributed by atoms with Crippen LogP contribution in [0.3, 0.4) is 0 Å². The minimum absolute atomic E-state index is 0.257. The van der Waals surface area contributed by atoms with Crippen LogP contribution in [0.2, 0.25) is 0 Å². The van der Waals surface area contributed by atoms with Gasteiger partial charge < -0.3 is 5.73 Å². The molecule has 0 bridgehead atoms. The molecule has 1 unspecified atom stereocenters. The number of hydrogen-bond acceptors (Lipinski definition) is 1. The third kappa shape index (κ3) is 2.85. The zero-order valence-corrected chi connectivity index (χ0v) is 8.80. The molecule has 1 atom stereocenters. The van der Waals surface area contributed by atoms with Crippen molar-refractivity contribution in [1.29, 1.82) is 0 Å². The number of aryl methyl sites for hydroxylation is 2. The van der Waals surface area contributed by atoms with Gasteiger partial charge in [0.2, 0.25) is 0 Å². The van der Waals surface area contributed by atoms with Crippen LogP contribution in [-0.4, -0.2) is 6.04 Å². The SMILES string of the molecule is CCc1cc(CC(C)N)ccc1C. The van der Waals surface area contributed by atoms with Crippen molar-refractivity contribution < 1.29 is 0 Å². The smallest absolute Gasteiger partial charge is 0.00509 e.